The summed E-state index contributed by atoms with van der Waals surface area (Å²) >= 11 is 0. The number of nitrogens with zero attached hydrogens (tertiary/aromatic N) is 1. The van der Waals surface area contributed by atoms with E-state index in [-0.39, 0.29) is 5.92 Å². The van der Waals surface area contributed by atoms with Crippen molar-refractivity contribution in [1.29, 1.82) is 5.26 Å². The third kappa shape index (κ3) is 4.48. The highest BCUT2D eigenvalue weighted by Crippen LogP contribution is 2.07. The lowest BCUT2D eigenvalue weighted by atomic mass is 9.99. The number of hydrogen-bond acceptors (Lipinski definition) is 3. The van der Waals surface area contributed by atoms with Crippen molar-refractivity contribution in [1.82, 2.24) is 5.32 Å². The van der Waals surface area contributed by atoms with E-state index in [2.05, 4.69) is 5.32 Å². The number of carbonyl (C=O) groups is 1. The van der Waals surface area contributed by atoms with Gasteiger partial charge < -0.3 is 10.4 Å². The first-order valence-electron chi connectivity index (χ1n) is 4.46. The second kappa shape index (κ2) is 6.44. The van der Waals surface area contributed by atoms with E-state index in [1.807, 2.05) is 19.9 Å². The van der Waals surface area contributed by atoms with Gasteiger partial charge in [-0.1, -0.05) is 20.3 Å². The summed E-state index contributed by atoms with van der Waals surface area (Å²) in [6.07, 6.45) is 1.16. The number of carboxylic acids is 1. The molecular formula is C9H16N2O2. The molecule has 0 aliphatic rings. The SMILES string of the molecule is CC[C@@H](C)[C@H](NCCC#N)C(=O)O. The molecular weight excluding hydrogens is 168 g/mol. The fourth-order valence-corrected chi connectivity index (χ4v) is 1.05. The van der Waals surface area contributed by atoms with Crippen LogP contribution >= 0.6 is 0 Å². The molecule has 74 valence electrons. The van der Waals surface area contributed by atoms with Crippen molar-refractivity contribution < 1.29 is 9.90 Å². The summed E-state index contributed by atoms with van der Waals surface area (Å²) in [7, 11) is 0. The predicted octanol–water partition coefficient (Wildman–Crippen LogP) is 0.989. The van der Waals surface area contributed by atoms with E-state index < -0.39 is 12.0 Å². The van der Waals surface area contributed by atoms with Gasteiger partial charge in [-0.25, -0.2) is 0 Å². The van der Waals surface area contributed by atoms with E-state index in [1.165, 1.54) is 0 Å². The molecule has 0 saturated carbocycles. The Labute approximate surface area is 78.6 Å². The molecule has 13 heavy (non-hydrogen) atoms. The molecule has 4 nitrogen and oxygen atoms in total. The maximum atomic E-state index is 10.7. The Balaban J connectivity index is 3.96. The number of hydrogen-bond donors (Lipinski definition) is 2. The zero-order chi connectivity index (χ0) is 10.3. The zero-order valence-electron chi connectivity index (χ0n) is 8.08. The smallest absolute Gasteiger partial charge is 0.320 e. The van der Waals surface area contributed by atoms with Crippen LogP contribution in [0.25, 0.3) is 0 Å². The van der Waals surface area contributed by atoms with Gasteiger partial charge in [-0.05, 0) is 5.92 Å². The van der Waals surface area contributed by atoms with Crippen molar-refractivity contribution in [2.45, 2.75) is 32.7 Å². The van der Waals surface area contributed by atoms with Gasteiger partial charge in [-0.2, -0.15) is 5.26 Å². The maximum Gasteiger partial charge on any atom is 0.320 e. The Bertz CT molecular complexity index is 198. The van der Waals surface area contributed by atoms with Crippen LogP contribution in [0.1, 0.15) is 26.7 Å². The highest BCUT2D eigenvalue weighted by molar-refractivity contribution is 5.73. The normalized spacial score (nSPS) is 14.5. The summed E-state index contributed by atoms with van der Waals surface area (Å²) in [5.74, 6) is -0.747. The highest BCUT2D eigenvalue weighted by Gasteiger charge is 2.21. The number of rotatable bonds is 6. The van der Waals surface area contributed by atoms with Gasteiger partial charge in [0.1, 0.15) is 6.04 Å². The summed E-state index contributed by atoms with van der Waals surface area (Å²) in [6, 6.07) is 1.43. The fraction of sp³-hybridized carbons (Fsp3) is 0.778. The van der Waals surface area contributed by atoms with Gasteiger partial charge in [0.05, 0.1) is 6.07 Å². The topological polar surface area (TPSA) is 73.1 Å². The van der Waals surface area contributed by atoms with Gasteiger partial charge in [0, 0.05) is 13.0 Å². The zero-order valence-corrected chi connectivity index (χ0v) is 8.08. The molecule has 0 aromatic heterocycles. The molecule has 0 saturated heterocycles. The fourth-order valence-electron chi connectivity index (χ4n) is 1.05. The quantitative estimate of drug-likeness (QED) is 0.604. The minimum Gasteiger partial charge on any atom is -0.480 e. The van der Waals surface area contributed by atoms with E-state index in [4.69, 9.17) is 10.4 Å². The van der Waals surface area contributed by atoms with Crippen LogP contribution in [0, 0.1) is 17.2 Å². The van der Waals surface area contributed by atoms with Crippen molar-refractivity contribution in [3.8, 4) is 6.07 Å². The number of carboxylic acid groups (broad SMARTS) is 1. The molecule has 0 heterocycles. The van der Waals surface area contributed by atoms with Crippen molar-refractivity contribution in [2.75, 3.05) is 6.54 Å². The van der Waals surface area contributed by atoms with E-state index in [0.717, 1.165) is 6.42 Å². The lowest BCUT2D eigenvalue weighted by Gasteiger charge is -2.19. The summed E-state index contributed by atoms with van der Waals surface area (Å²) < 4.78 is 0. The van der Waals surface area contributed by atoms with Gasteiger partial charge in [0.2, 0.25) is 0 Å². The van der Waals surface area contributed by atoms with Gasteiger partial charge in [0.25, 0.3) is 0 Å². The molecule has 0 rings (SSSR count). The van der Waals surface area contributed by atoms with Crippen LogP contribution in [0.2, 0.25) is 0 Å². The molecule has 0 bridgehead atoms. The molecule has 2 atom stereocenters. The molecule has 0 unspecified atom stereocenters. The minimum atomic E-state index is -0.840. The van der Waals surface area contributed by atoms with E-state index in [9.17, 15) is 4.79 Å². The Morgan fingerprint density at radius 3 is 2.69 bits per heavy atom. The molecule has 2 N–H and O–H groups in total. The van der Waals surface area contributed by atoms with Crippen LogP contribution in [0.15, 0.2) is 0 Å². The lowest BCUT2D eigenvalue weighted by Crippen LogP contribution is -2.42. The van der Waals surface area contributed by atoms with Crippen molar-refractivity contribution in [2.24, 2.45) is 5.92 Å². The van der Waals surface area contributed by atoms with Crippen LogP contribution < -0.4 is 5.32 Å². The summed E-state index contributed by atoms with van der Waals surface area (Å²) in [5, 5.41) is 20.0. The predicted molar refractivity (Wildman–Crippen MR) is 49.1 cm³/mol. The third-order valence-corrected chi connectivity index (χ3v) is 2.08. The summed E-state index contributed by atoms with van der Waals surface area (Å²) in [6.45, 7) is 4.28. The van der Waals surface area contributed by atoms with Crippen LogP contribution in [0.5, 0.6) is 0 Å². The molecule has 0 aromatic rings. The Morgan fingerprint density at radius 2 is 2.31 bits per heavy atom. The molecule has 0 aliphatic heterocycles. The van der Waals surface area contributed by atoms with Crippen LogP contribution in [-0.2, 0) is 4.79 Å². The maximum absolute atomic E-state index is 10.7. The van der Waals surface area contributed by atoms with E-state index in [1.54, 1.807) is 0 Å². The lowest BCUT2D eigenvalue weighted by molar-refractivity contribution is -0.140. The largest absolute Gasteiger partial charge is 0.480 e. The van der Waals surface area contributed by atoms with Crippen molar-refractivity contribution in [3.05, 3.63) is 0 Å². The monoisotopic (exact) mass is 184 g/mol. The number of aliphatic carboxylic acids is 1. The molecule has 0 aliphatic carbocycles. The van der Waals surface area contributed by atoms with Gasteiger partial charge in [-0.15, -0.1) is 0 Å². The van der Waals surface area contributed by atoms with Gasteiger partial charge >= 0.3 is 5.97 Å². The van der Waals surface area contributed by atoms with Crippen LogP contribution in [-0.4, -0.2) is 23.7 Å². The van der Waals surface area contributed by atoms with E-state index in [0.29, 0.717) is 13.0 Å². The molecule has 0 radical (unpaired) electrons. The first-order chi connectivity index (χ1) is 6.13. The van der Waals surface area contributed by atoms with Crippen molar-refractivity contribution in [3.63, 3.8) is 0 Å². The molecule has 0 aromatic carbocycles. The Kier molecular flexibility index (Phi) is 5.90. The second-order valence-corrected chi connectivity index (χ2v) is 3.06. The Hall–Kier alpha value is -1.08. The molecule has 0 fully saturated rings. The summed E-state index contributed by atoms with van der Waals surface area (Å²) in [4.78, 5) is 10.7. The Morgan fingerprint density at radius 1 is 1.69 bits per heavy atom. The highest BCUT2D eigenvalue weighted by atomic mass is 16.4. The van der Waals surface area contributed by atoms with Crippen LogP contribution in [0.3, 0.4) is 0 Å². The molecule has 0 amide bonds. The summed E-state index contributed by atoms with van der Waals surface area (Å²) in [5.41, 5.74) is 0. The second-order valence-electron chi connectivity index (χ2n) is 3.06. The first kappa shape index (κ1) is 11.9. The van der Waals surface area contributed by atoms with Gasteiger partial charge in [-0.3, -0.25) is 4.79 Å². The average molecular weight is 184 g/mol. The number of nitrogens with one attached hydrogen (secondary N) is 1. The van der Waals surface area contributed by atoms with Crippen molar-refractivity contribution >= 4 is 5.97 Å². The third-order valence-electron chi connectivity index (χ3n) is 2.08. The van der Waals surface area contributed by atoms with Gasteiger partial charge in [0.15, 0.2) is 0 Å². The average Bonchev–Trinajstić information content (AvgIpc) is 2.11. The molecule has 4 heteroatoms. The standard InChI is InChI=1S/C9H16N2O2/c1-3-7(2)8(9(12)13)11-6-4-5-10/h7-8,11H,3-4,6H2,1-2H3,(H,12,13)/t7-,8+/m1/s1. The molecule has 0 spiro atoms. The first-order valence-corrected chi connectivity index (χ1v) is 4.46. The van der Waals surface area contributed by atoms with E-state index >= 15 is 0 Å². The number of nitriles is 1. The minimum absolute atomic E-state index is 0.0937. The van der Waals surface area contributed by atoms with Crippen LogP contribution in [0.4, 0.5) is 0 Å².